The largest absolute Gasteiger partial charge is 0.269 e. The zero-order valence-electron chi connectivity index (χ0n) is 31.5. The maximum absolute atomic E-state index is 10.8. The van der Waals surface area contributed by atoms with E-state index in [0.717, 1.165) is 39.2 Å². The van der Waals surface area contributed by atoms with Crippen LogP contribution in [0.1, 0.15) is 38.9 Å². The van der Waals surface area contributed by atoms with Gasteiger partial charge in [-0.1, -0.05) is 48.5 Å². The van der Waals surface area contributed by atoms with Gasteiger partial charge in [-0.05, 0) is 78.4 Å². The van der Waals surface area contributed by atoms with E-state index in [9.17, 15) is 20.2 Å². The van der Waals surface area contributed by atoms with Crippen LogP contribution in [0.2, 0.25) is 0 Å². The van der Waals surface area contributed by atoms with Crippen LogP contribution in [0.5, 0.6) is 0 Å². The van der Waals surface area contributed by atoms with Crippen molar-refractivity contribution in [2.75, 3.05) is 0 Å². The maximum Gasteiger partial charge on any atom is 0.269 e. The van der Waals surface area contributed by atoms with Crippen molar-refractivity contribution in [2.45, 2.75) is 50.8 Å². The van der Waals surface area contributed by atoms with E-state index in [0.29, 0.717) is 40.4 Å². The Bertz CT molecular complexity index is 2670. The van der Waals surface area contributed by atoms with Crippen molar-refractivity contribution in [3.05, 3.63) is 156 Å². The van der Waals surface area contributed by atoms with Gasteiger partial charge in [-0.2, -0.15) is 15.0 Å². The van der Waals surface area contributed by atoms with Crippen LogP contribution >= 0.6 is 25.3 Å². The molecule has 4 heterocycles. The van der Waals surface area contributed by atoms with Crippen LogP contribution < -0.4 is 11.1 Å². The highest BCUT2D eigenvalue weighted by Gasteiger charge is 2.25. The van der Waals surface area contributed by atoms with Crippen molar-refractivity contribution in [1.82, 2.24) is 55.8 Å². The first-order chi connectivity index (χ1) is 27.9. The lowest BCUT2D eigenvalue weighted by Crippen LogP contribution is -2.40. The summed E-state index contributed by atoms with van der Waals surface area (Å²) in [5, 5.41) is 50.5. The number of benzene rings is 4. The number of hydrazone groups is 1. The van der Waals surface area contributed by atoms with Crippen LogP contribution in [0.15, 0.2) is 112 Å². The normalized spacial score (nSPS) is 12.2. The summed E-state index contributed by atoms with van der Waals surface area (Å²) in [6.45, 7) is 8.99. The molecule has 20 heteroatoms. The average Bonchev–Trinajstić information content (AvgIpc) is 4.02. The second kappa shape index (κ2) is 16.7. The number of nitrogens with zero attached hydrogens (tertiary/aromatic N) is 12. The topological polar surface area (TPSA) is 205 Å². The quantitative estimate of drug-likeness (QED) is 0.0686. The van der Waals surface area contributed by atoms with E-state index in [1.165, 1.54) is 40.2 Å². The van der Waals surface area contributed by atoms with Crippen LogP contribution in [0.25, 0.3) is 22.8 Å². The maximum atomic E-state index is 10.8. The number of aryl methyl sites for hydroxylation is 2. The number of hydrazine groups is 2. The number of nitrogens with one attached hydrogen (secondary N) is 2. The lowest BCUT2D eigenvalue weighted by molar-refractivity contribution is -0.385. The van der Waals surface area contributed by atoms with Crippen LogP contribution in [-0.4, -0.2) is 60.5 Å². The number of nitro groups is 2. The SMILES string of the molecule is Cc1cccc(-n2ncc(-c3nnn(Cc4ccc([N+](=O)[O-])cc4)n3)c2S)c1C.Cc1cccc(-n2ncc(C3=NNNN3Cc3ccc([N+](=O)[O-])cc3)c2S)c1C. The van der Waals surface area contributed by atoms with Crippen molar-refractivity contribution >= 4 is 42.5 Å². The fourth-order valence-corrected chi connectivity index (χ4v) is 6.70. The molecule has 4 aromatic carbocycles. The van der Waals surface area contributed by atoms with Gasteiger partial charge in [0.1, 0.15) is 10.1 Å². The Morgan fingerprint density at radius 3 is 1.71 bits per heavy atom. The van der Waals surface area contributed by atoms with Crippen molar-refractivity contribution in [3.63, 3.8) is 0 Å². The fourth-order valence-electron chi connectivity index (χ4n) is 6.06. The molecule has 3 aromatic heterocycles. The van der Waals surface area contributed by atoms with Gasteiger partial charge in [-0.25, -0.2) is 14.9 Å². The van der Waals surface area contributed by atoms with Gasteiger partial charge >= 0.3 is 0 Å². The molecule has 18 nitrogen and oxygen atoms in total. The lowest BCUT2D eigenvalue weighted by atomic mass is 10.1. The number of hydrogen-bond acceptors (Lipinski definition) is 15. The van der Waals surface area contributed by atoms with Gasteiger partial charge in [0.05, 0.1) is 57.8 Å². The summed E-state index contributed by atoms with van der Waals surface area (Å²) >= 11 is 9.32. The van der Waals surface area contributed by atoms with Gasteiger partial charge in [0.2, 0.25) is 5.82 Å². The highest BCUT2D eigenvalue weighted by Crippen LogP contribution is 2.28. The summed E-state index contributed by atoms with van der Waals surface area (Å²) < 4.78 is 3.53. The molecule has 8 rings (SSSR count). The molecular weight excluding hydrogens is 781 g/mol. The number of hydrogen-bond donors (Lipinski definition) is 4. The Kier molecular flexibility index (Phi) is 11.3. The van der Waals surface area contributed by atoms with Crippen molar-refractivity contribution in [1.29, 1.82) is 0 Å². The molecular formula is C38H36N14O4S2. The first kappa shape index (κ1) is 39.3. The molecule has 0 aliphatic carbocycles. The second-order valence-corrected chi connectivity index (χ2v) is 14.1. The number of amidine groups is 1. The van der Waals surface area contributed by atoms with Gasteiger partial charge < -0.3 is 0 Å². The Labute approximate surface area is 342 Å². The van der Waals surface area contributed by atoms with E-state index in [2.05, 4.69) is 74.3 Å². The second-order valence-electron chi connectivity index (χ2n) is 13.3. The number of thiol groups is 2. The molecule has 0 unspecified atom stereocenters. The zero-order chi connectivity index (χ0) is 41.1. The molecule has 0 spiro atoms. The van der Waals surface area contributed by atoms with Crippen molar-refractivity contribution < 1.29 is 9.85 Å². The standard InChI is InChI=1S/C19H19N7O2S.C19H17N7O2S/c1-12-4-3-5-17(13(12)2)25-19(29)16(10-20-25)18-21-22-23-24(18)11-14-6-8-15(9-7-14)26(27)28;1-12-4-3-5-17(13(12)2)25-19(29)16(10-20-25)18-21-23-24(22-18)11-14-6-8-15(9-7-14)26(27)28/h3-10,22-23,29H,11H2,1-2H3;3-10,29H,11H2,1-2H3. The van der Waals surface area contributed by atoms with Crippen LogP contribution in [0, 0.1) is 47.9 Å². The third kappa shape index (κ3) is 8.14. The third-order valence-corrected chi connectivity index (χ3v) is 10.5. The predicted octanol–water partition coefficient (Wildman–Crippen LogP) is 6.26. The molecule has 7 aromatic rings. The fraction of sp³-hybridized carbons (Fsp3) is 0.158. The van der Waals surface area contributed by atoms with Gasteiger partial charge in [0, 0.05) is 24.3 Å². The monoisotopic (exact) mass is 816 g/mol. The minimum absolute atomic E-state index is 0.0413. The van der Waals surface area contributed by atoms with Crippen LogP contribution in [-0.2, 0) is 13.1 Å². The van der Waals surface area contributed by atoms with E-state index in [1.807, 2.05) is 44.2 Å². The molecule has 1 aliphatic rings. The Balaban J connectivity index is 0.000000177. The number of rotatable bonds is 10. The van der Waals surface area contributed by atoms with Gasteiger partial charge in [0.25, 0.3) is 11.4 Å². The third-order valence-electron chi connectivity index (χ3n) is 9.59. The first-order valence-electron chi connectivity index (χ1n) is 17.7. The number of non-ortho nitro benzene ring substituents is 2. The van der Waals surface area contributed by atoms with E-state index >= 15 is 0 Å². The Morgan fingerprint density at radius 2 is 1.17 bits per heavy atom. The molecule has 0 radical (unpaired) electrons. The van der Waals surface area contributed by atoms with Crippen molar-refractivity contribution in [2.24, 2.45) is 5.10 Å². The molecule has 58 heavy (non-hydrogen) atoms. The summed E-state index contributed by atoms with van der Waals surface area (Å²) in [5.41, 5.74) is 15.5. The van der Waals surface area contributed by atoms with Crippen molar-refractivity contribution in [3.8, 4) is 22.8 Å². The summed E-state index contributed by atoms with van der Waals surface area (Å²) in [7, 11) is 0. The van der Waals surface area contributed by atoms with E-state index in [-0.39, 0.29) is 11.4 Å². The number of nitro benzene ring substituents is 2. The molecule has 0 fully saturated rings. The summed E-state index contributed by atoms with van der Waals surface area (Å²) in [5.74, 6) is 1.04. The Hall–Kier alpha value is -6.90. The minimum atomic E-state index is -0.433. The lowest BCUT2D eigenvalue weighted by Gasteiger charge is -2.18. The minimum Gasteiger partial charge on any atom is -0.266 e. The molecule has 2 N–H and O–H groups in total. The van der Waals surface area contributed by atoms with E-state index < -0.39 is 9.85 Å². The summed E-state index contributed by atoms with van der Waals surface area (Å²) in [6, 6.07) is 24.7. The molecule has 0 saturated heterocycles. The van der Waals surface area contributed by atoms with Crippen LogP contribution in [0.3, 0.4) is 0 Å². The zero-order valence-corrected chi connectivity index (χ0v) is 33.3. The molecule has 294 valence electrons. The highest BCUT2D eigenvalue weighted by molar-refractivity contribution is 7.80. The summed E-state index contributed by atoms with van der Waals surface area (Å²) in [6.07, 6.45) is 3.39. The molecule has 0 atom stereocenters. The van der Waals surface area contributed by atoms with Gasteiger partial charge in [-0.3, -0.25) is 25.2 Å². The van der Waals surface area contributed by atoms with Crippen LogP contribution in [0.4, 0.5) is 11.4 Å². The predicted molar refractivity (Wildman–Crippen MR) is 221 cm³/mol. The summed E-state index contributed by atoms with van der Waals surface area (Å²) in [4.78, 5) is 22.2. The highest BCUT2D eigenvalue weighted by atomic mass is 32.1. The molecule has 0 saturated carbocycles. The van der Waals surface area contributed by atoms with Gasteiger partial charge in [-0.15, -0.1) is 46.1 Å². The number of tetrazole rings is 1. The first-order valence-corrected chi connectivity index (χ1v) is 18.6. The molecule has 0 amide bonds. The average molecular weight is 817 g/mol. The molecule has 0 bridgehead atoms. The number of aromatic nitrogens is 8. The molecule has 1 aliphatic heterocycles. The van der Waals surface area contributed by atoms with E-state index in [1.54, 1.807) is 51.0 Å². The Morgan fingerprint density at radius 1 is 0.672 bits per heavy atom. The van der Waals surface area contributed by atoms with E-state index in [4.69, 9.17) is 12.6 Å². The van der Waals surface area contributed by atoms with Gasteiger partial charge in [0.15, 0.2) is 5.84 Å². The smallest absolute Gasteiger partial charge is 0.266 e.